The van der Waals surface area contributed by atoms with E-state index in [2.05, 4.69) is 34.5 Å². The lowest BCUT2D eigenvalue weighted by atomic mass is 10.0. The van der Waals surface area contributed by atoms with Crippen LogP contribution in [0.3, 0.4) is 0 Å². The zero-order chi connectivity index (χ0) is 23.2. The second-order valence-electron chi connectivity index (χ2n) is 8.27. The number of hydrogen-bond donors (Lipinski definition) is 1. The number of fused-ring (bicyclic) bond motifs is 3. The van der Waals surface area contributed by atoms with Crippen molar-refractivity contribution in [3.63, 3.8) is 0 Å². The van der Waals surface area contributed by atoms with Gasteiger partial charge in [-0.05, 0) is 54.3 Å². The first-order valence-electron chi connectivity index (χ1n) is 10.7. The number of benzene rings is 3. The molecule has 0 aliphatic carbocycles. The summed E-state index contributed by atoms with van der Waals surface area (Å²) in [6, 6.07) is 22.3. The van der Waals surface area contributed by atoms with Crippen molar-refractivity contribution in [2.75, 3.05) is 5.32 Å². The highest BCUT2D eigenvalue weighted by atomic mass is 32.2. The van der Waals surface area contributed by atoms with E-state index >= 15 is 0 Å². The van der Waals surface area contributed by atoms with Crippen LogP contribution in [-0.4, -0.2) is 28.2 Å². The van der Waals surface area contributed by atoms with Crippen molar-refractivity contribution in [3.05, 3.63) is 83.9 Å². The van der Waals surface area contributed by atoms with Gasteiger partial charge in [0.15, 0.2) is 5.65 Å². The van der Waals surface area contributed by atoms with Gasteiger partial charge in [-0.3, -0.25) is 0 Å². The molecule has 0 radical (unpaired) electrons. The Morgan fingerprint density at radius 1 is 0.909 bits per heavy atom. The molecule has 0 atom stereocenters. The van der Waals surface area contributed by atoms with Crippen molar-refractivity contribution < 1.29 is 8.42 Å². The summed E-state index contributed by atoms with van der Waals surface area (Å²) >= 11 is 0. The minimum absolute atomic E-state index is 0.165. The summed E-state index contributed by atoms with van der Waals surface area (Å²) in [7, 11) is -3.92. The van der Waals surface area contributed by atoms with Gasteiger partial charge in [0.25, 0.3) is 0 Å². The van der Waals surface area contributed by atoms with Gasteiger partial charge in [-0.1, -0.05) is 61.5 Å². The van der Waals surface area contributed by atoms with Crippen LogP contribution < -0.4 is 5.32 Å². The van der Waals surface area contributed by atoms with Crippen molar-refractivity contribution >= 4 is 37.9 Å². The zero-order valence-corrected chi connectivity index (χ0v) is 19.3. The van der Waals surface area contributed by atoms with E-state index in [1.54, 1.807) is 12.1 Å². The third-order valence-electron chi connectivity index (χ3n) is 5.73. The summed E-state index contributed by atoms with van der Waals surface area (Å²) < 4.78 is 28.4. The smallest absolute Gasteiger partial charge is 0.229 e. The van der Waals surface area contributed by atoms with Gasteiger partial charge in [-0.15, -0.1) is 5.10 Å². The molecular formula is C25H23N5O2S. The summed E-state index contributed by atoms with van der Waals surface area (Å²) in [6.45, 7) is 6.13. The first kappa shape index (κ1) is 21.1. The molecule has 0 unspecified atom stereocenters. The van der Waals surface area contributed by atoms with Gasteiger partial charge in [-0.2, -0.15) is 4.52 Å². The van der Waals surface area contributed by atoms with Gasteiger partial charge in [-0.25, -0.2) is 13.4 Å². The molecule has 2 aromatic heterocycles. The van der Waals surface area contributed by atoms with Gasteiger partial charge >= 0.3 is 0 Å². The summed E-state index contributed by atoms with van der Waals surface area (Å²) in [6.07, 6.45) is 0. The Labute approximate surface area is 192 Å². The minimum atomic E-state index is -3.92. The second-order valence-corrected chi connectivity index (χ2v) is 10.1. The van der Waals surface area contributed by atoms with E-state index in [-0.39, 0.29) is 15.6 Å². The molecule has 8 heteroatoms. The van der Waals surface area contributed by atoms with Crippen molar-refractivity contribution in [2.45, 2.75) is 36.6 Å². The summed E-state index contributed by atoms with van der Waals surface area (Å²) in [5.41, 5.74) is 3.89. The van der Waals surface area contributed by atoms with E-state index in [9.17, 15) is 8.42 Å². The molecule has 0 amide bonds. The second kappa shape index (κ2) is 7.97. The predicted molar refractivity (Wildman–Crippen MR) is 129 cm³/mol. The van der Waals surface area contributed by atoms with Crippen LogP contribution in [0.1, 0.15) is 30.9 Å². The lowest BCUT2D eigenvalue weighted by Crippen LogP contribution is -2.06. The molecule has 5 aromatic rings. The van der Waals surface area contributed by atoms with Crippen LogP contribution in [-0.2, 0) is 9.84 Å². The zero-order valence-electron chi connectivity index (χ0n) is 18.5. The van der Waals surface area contributed by atoms with Crippen LogP contribution in [0.2, 0.25) is 0 Å². The van der Waals surface area contributed by atoms with Gasteiger partial charge in [0, 0.05) is 11.1 Å². The molecule has 3 aromatic carbocycles. The molecule has 0 bridgehead atoms. The number of nitrogens with one attached hydrogen (secondary N) is 1. The van der Waals surface area contributed by atoms with Crippen LogP contribution in [0.4, 0.5) is 11.5 Å². The summed E-state index contributed by atoms with van der Waals surface area (Å²) in [5, 5.41) is 12.2. The van der Waals surface area contributed by atoms with Crippen molar-refractivity contribution in [2.24, 2.45) is 0 Å². The van der Waals surface area contributed by atoms with Crippen LogP contribution in [0, 0.1) is 6.92 Å². The summed E-state index contributed by atoms with van der Waals surface area (Å²) in [5.74, 6) is 0.848. The third kappa shape index (κ3) is 3.62. The summed E-state index contributed by atoms with van der Waals surface area (Å²) in [4.78, 5) is 4.85. The van der Waals surface area contributed by atoms with Crippen LogP contribution in [0.5, 0.6) is 0 Å². The van der Waals surface area contributed by atoms with Crippen LogP contribution >= 0.6 is 0 Å². The van der Waals surface area contributed by atoms with Crippen LogP contribution in [0.15, 0.2) is 82.7 Å². The molecule has 0 saturated heterocycles. The van der Waals surface area contributed by atoms with Crippen molar-refractivity contribution in [3.8, 4) is 0 Å². The molecule has 0 aliphatic heterocycles. The maximum atomic E-state index is 13.5. The lowest BCUT2D eigenvalue weighted by Gasteiger charge is -2.12. The Balaban J connectivity index is 1.70. The largest absolute Gasteiger partial charge is 0.339 e. The highest BCUT2D eigenvalue weighted by Gasteiger charge is 2.27. The Kier molecular flexibility index (Phi) is 5.09. The first-order valence-corrected chi connectivity index (χ1v) is 12.2. The van der Waals surface area contributed by atoms with Gasteiger partial charge in [0.05, 0.1) is 10.4 Å². The molecule has 0 spiro atoms. The number of hydrogen-bond acceptors (Lipinski definition) is 6. The highest BCUT2D eigenvalue weighted by molar-refractivity contribution is 7.91. The number of para-hydroxylation sites is 2. The standard InChI is InChI=1S/C25H23N5O2S/c1-16(2)18-12-14-19(15-13-18)33(31,32)25-24-27-23(26-21-10-6-4-8-17(21)3)20-9-5-7-11-22(20)30(24)29-28-25/h4-16H,1-3H3,(H,26,27). The van der Waals surface area contributed by atoms with E-state index in [0.29, 0.717) is 17.3 Å². The van der Waals surface area contributed by atoms with Gasteiger partial charge in [0.2, 0.25) is 14.9 Å². The van der Waals surface area contributed by atoms with Gasteiger partial charge < -0.3 is 5.32 Å². The topological polar surface area (TPSA) is 89.2 Å². The molecule has 166 valence electrons. The minimum Gasteiger partial charge on any atom is -0.339 e. The molecule has 2 heterocycles. The Morgan fingerprint density at radius 3 is 2.33 bits per heavy atom. The Bertz CT molecular complexity index is 1590. The number of anilines is 2. The number of aryl methyl sites for hydroxylation is 1. The van der Waals surface area contributed by atoms with E-state index in [1.807, 2.05) is 67.6 Å². The number of rotatable bonds is 5. The molecule has 0 saturated carbocycles. The maximum absolute atomic E-state index is 13.5. The number of sulfone groups is 1. The fraction of sp³-hybridized carbons (Fsp3) is 0.160. The normalized spacial score (nSPS) is 12.0. The SMILES string of the molecule is Cc1ccccc1Nc1nc2c(S(=O)(=O)c3ccc(C(C)C)cc3)nnn2c2ccccc12. The van der Waals surface area contributed by atoms with Gasteiger partial charge in [0.1, 0.15) is 5.82 Å². The average Bonchev–Trinajstić information content (AvgIpc) is 3.26. The number of nitrogens with zero attached hydrogens (tertiary/aromatic N) is 4. The fourth-order valence-corrected chi connectivity index (χ4v) is 5.03. The Hall–Kier alpha value is -3.78. The predicted octanol–water partition coefficient (Wildman–Crippen LogP) is 5.29. The van der Waals surface area contributed by atoms with Crippen molar-refractivity contribution in [1.29, 1.82) is 0 Å². The Morgan fingerprint density at radius 2 is 1.61 bits per heavy atom. The molecule has 5 rings (SSSR count). The van der Waals surface area contributed by atoms with E-state index in [4.69, 9.17) is 0 Å². The first-order chi connectivity index (χ1) is 15.9. The maximum Gasteiger partial charge on any atom is 0.229 e. The fourth-order valence-electron chi connectivity index (χ4n) is 3.80. The number of aromatic nitrogens is 4. The molecule has 1 N–H and O–H groups in total. The third-order valence-corrected chi connectivity index (χ3v) is 7.40. The monoisotopic (exact) mass is 457 g/mol. The van der Waals surface area contributed by atoms with E-state index < -0.39 is 9.84 Å². The van der Waals surface area contributed by atoms with Crippen molar-refractivity contribution in [1.82, 2.24) is 19.8 Å². The molecular weight excluding hydrogens is 434 g/mol. The molecule has 33 heavy (non-hydrogen) atoms. The lowest BCUT2D eigenvalue weighted by molar-refractivity contribution is 0.592. The van der Waals surface area contributed by atoms with E-state index in [0.717, 1.165) is 22.2 Å². The molecule has 0 fully saturated rings. The quantitative estimate of drug-likeness (QED) is 0.386. The van der Waals surface area contributed by atoms with E-state index in [1.165, 1.54) is 4.52 Å². The van der Waals surface area contributed by atoms with Crippen LogP contribution in [0.25, 0.3) is 16.6 Å². The molecule has 0 aliphatic rings. The highest BCUT2D eigenvalue weighted by Crippen LogP contribution is 2.30. The molecule has 7 nitrogen and oxygen atoms in total. The average molecular weight is 458 g/mol.